The Morgan fingerprint density at radius 1 is 1.04 bits per heavy atom. The Morgan fingerprint density at radius 3 is 2.38 bits per heavy atom. The lowest BCUT2D eigenvalue weighted by Gasteiger charge is -2.09. The zero-order valence-corrected chi connectivity index (χ0v) is 13.5. The van der Waals surface area contributed by atoms with Gasteiger partial charge in [0.2, 0.25) is 0 Å². The van der Waals surface area contributed by atoms with Gasteiger partial charge < -0.3 is 10.4 Å². The van der Waals surface area contributed by atoms with Gasteiger partial charge in [-0.05, 0) is 37.3 Å². The molecule has 0 fully saturated rings. The predicted octanol–water partition coefficient (Wildman–Crippen LogP) is 2.89. The number of hydrogen-bond acceptors (Lipinski definition) is 4. The van der Waals surface area contributed by atoms with Gasteiger partial charge in [0, 0.05) is 11.3 Å². The number of halogens is 3. The van der Waals surface area contributed by atoms with Crippen LogP contribution in [0.1, 0.15) is 18.1 Å². The molecule has 0 radical (unpaired) electrons. The largest absolute Gasteiger partial charge is 0.507 e. The fourth-order valence-electron chi connectivity index (χ4n) is 1.99. The Balaban J connectivity index is 2.03. The van der Waals surface area contributed by atoms with Crippen molar-refractivity contribution < 1.29 is 27.9 Å². The normalized spacial score (nSPS) is 11.8. The molecule has 0 unspecified atom stereocenters. The molecule has 0 atom stereocenters. The number of para-hydroxylation sites is 1. The topological polar surface area (TPSA) is 90.8 Å². The molecule has 0 aliphatic carbocycles. The molecule has 9 heteroatoms. The number of aromatic hydroxyl groups is 1. The van der Waals surface area contributed by atoms with E-state index >= 15 is 0 Å². The van der Waals surface area contributed by atoms with E-state index in [9.17, 15) is 27.9 Å². The van der Waals surface area contributed by atoms with Crippen molar-refractivity contribution in [2.45, 2.75) is 13.1 Å². The first-order valence-electron chi connectivity index (χ1n) is 7.29. The molecular weight excluding hydrogens is 351 g/mol. The fourth-order valence-corrected chi connectivity index (χ4v) is 1.99. The maximum atomic E-state index is 12.6. The molecule has 3 N–H and O–H groups in total. The molecule has 2 aromatic carbocycles. The van der Waals surface area contributed by atoms with E-state index in [4.69, 9.17) is 0 Å². The average Bonchev–Trinajstić information content (AvgIpc) is 2.59. The molecule has 0 aliphatic heterocycles. The highest BCUT2D eigenvalue weighted by Gasteiger charge is 2.30. The summed E-state index contributed by atoms with van der Waals surface area (Å²) >= 11 is 0. The van der Waals surface area contributed by atoms with Crippen molar-refractivity contribution in [2.75, 3.05) is 5.32 Å². The minimum Gasteiger partial charge on any atom is -0.507 e. The lowest BCUT2D eigenvalue weighted by Crippen LogP contribution is -2.33. The van der Waals surface area contributed by atoms with E-state index < -0.39 is 23.6 Å². The number of hydrazone groups is 1. The molecule has 2 aromatic rings. The summed E-state index contributed by atoms with van der Waals surface area (Å²) in [7, 11) is 0. The van der Waals surface area contributed by atoms with Gasteiger partial charge in [-0.15, -0.1) is 0 Å². The van der Waals surface area contributed by atoms with Gasteiger partial charge in [0.05, 0.1) is 11.3 Å². The van der Waals surface area contributed by atoms with Gasteiger partial charge >= 0.3 is 18.0 Å². The Morgan fingerprint density at radius 2 is 1.73 bits per heavy atom. The highest BCUT2D eigenvalue weighted by Crippen LogP contribution is 2.30. The van der Waals surface area contributed by atoms with Crippen LogP contribution in [0.15, 0.2) is 53.6 Å². The molecule has 0 bridgehead atoms. The summed E-state index contributed by atoms with van der Waals surface area (Å²) in [6, 6.07) is 10.1. The summed E-state index contributed by atoms with van der Waals surface area (Å²) in [5, 5.41) is 15.4. The number of carbonyl (C=O) groups is 2. The van der Waals surface area contributed by atoms with E-state index in [-0.39, 0.29) is 17.1 Å². The van der Waals surface area contributed by atoms with Crippen molar-refractivity contribution >= 4 is 23.2 Å². The number of rotatable bonds is 3. The Kier molecular flexibility index (Phi) is 5.61. The number of nitrogens with one attached hydrogen (secondary N) is 2. The summed E-state index contributed by atoms with van der Waals surface area (Å²) in [6.45, 7) is 1.50. The first-order chi connectivity index (χ1) is 12.2. The predicted molar refractivity (Wildman–Crippen MR) is 88.5 cm³/mol. The van der Waals surface area contributed by atoms with E-state index in [0.29, 0.717) is 11.6 Å². The third-order valence-electron chi connectivity index (χ3n) is 3.27. The van der Waals surface area contributed by atoms with Crippen molar-refractivity contribution in [2.24, 2.45) is 5.10 Å². The fraction of sp³-hybridized carbons (Fsp3) is 0.118. The molecule has 136 valence electrons. The Hall–Kier alpha value is -3.36. The quantitative estimate of drug-likeness (QED) is 0.444. The Labute approximate surface area is 146 Å². The van der Waals surface area contributed by atoms with Crippen LogP contribution in [0, 0.1) is 0 Å². The first kappa shape index (κ1) is 19.0. The maximum Gasteiger partial charge on any atom is 0.416 e. The van der Waals surface area contributed by atoms with Gasteiger partial charge in [-0.2, -0.15) is 18.3 Å². The van der Waals surface area contributed by atoms with Crippen LogP contribution >= 0.6 is 0 Å². The second-order valence-corrected chi connectivity index (χ2v) is 5.19. The lowest BCUT2D eigenvalue weighted by molar-refractivity contribution is -0.137. The molecule has 6 nitrogen and oxygen atoms in total. The number of amides is 2. The Bertz CT molecular complexity index is 864. The van der Waals surface area contributed by atoms with Crippen LogP contribution in [0.5, 0.6) is 5.75 Å². The number of phenols is 1. The molecular formula is C17H14F3N3O3. The number of carbonyl (C=O) groups excluding carboxylic acids is 2. The smallest absolute Gasteiger partial charge is 0.416 e. The second-order valence-electron chi connectivity index (χ2n) is 5.19. The molecule has 26 heavy (non-hydrogen) atoms. The molecule has 0 saturated carbocycles. The third kappa shape index (κ3) is 4.82. The van der Waals surface area contributed by atoms with Gasteiger partial charge in [-0.1, -0.05) is 18.2 Å². The monoisotopic (exact) mass is 365 g/mol. The van der Waals surface area contributed by atoms with Gasteiger partial charge in [0.15, 0.2) is 0 Å². The van der Waals surface area contributed by atoms with Gasteiger partial charge in [0.25, 0.3) is 0 Å². The maximum absolute atomic E-state index is 12.6. The van der Waals surface area contributed by atoms with Crippen LogP contribution in [-0.2, 0) is 15.8 Å². The van der Waals surface area contributed by atoms with E-state index in [1.54, 1.807) is 18.2 Å². The summed E-state index contributed by atoms with van der Waals surface area (Å²) in [5.74, 6) is -2.41. The SMILES string of the molecule is CC(=NNC(=O)C(=O)Nc1cccc(C(F)(F)F)c1)c1ccccc1O. The number of anilines is 1. The number of benzene rings is 2. The second kappa shape index (κ2) is 7.68. The summed E-state index contributed by atoms with van der Waals surface area (Å²) in [5.41, 5.74) is 1.43. The minimum atomic E-state index is -4.57. The lowest BCUT2D eigenvalue weighted by atomic mass is 10.1. The van der Waals surface area contributed by atoms with E-state index in [2.05, 4.69) is 10.4 Å². The van der Waals surface area contributed by atoms with Crippen LogP contribution in [0.3, 0.4) is 0 Å². The number of phenolic OH excluding ortho intramolecular Hbond substituents is 1. The molecule has 2 amide bonds. The van der Waals surface area contributed by atoms with Crippen LogP contribution in [-0.4, -0.2) is 22.6 Å². The summed E-state index contributed by atoms with van der Waals surface area (Å²) < 4.78 is 37.9. The zero-order valence-electron chi connectivity index (χ0n) is 13.5. The van der Waals surface area contributed by atoms with Crippen molar-refractivity contribution in [3.8, 4) is 5.75 Å². The minimum absolute atomic E-state index is 0.0589. The van der Waals surface area contributed by atoms with Crippen LogP contribution in [0.25, 0.3) is 0 Å². The molecule has 0 saturated heterocycles. The number of nitrogens with zero attached hydrogens (tertiary/aromatic N) is 1. The van der Waals surface area contributed by atoms with Gasteiger partial charge in [0.1, 0.15) is 5.75 Å². The van der Waals surface area contributed by atoms with Gasteiger partial charge in [-0.3, -0.25) is 9.59 Å². The van der Waals surface area contributed by atoms with Crippen molar-refractivity contribution in [3.63, 3.8) is 0 Å². The van der Waals surface area contributed by atoms with E-state index in [1.165, 1.54) is 19.1 Å². The standard InChI is InChI=1S/C17H14F3N3O3/c1-10(13-7-2-3-8-14(13)24)22-23-16(26)15(25)21-12-6-4-5-11(9-12)17(18,19)20/h2-9,24H,1H3,(H,21,25)(H,23,26). The molecule has 0 heterocycles. The van der Waals surface area contributed by atoms with Crippen molar-refractivity contribution in [1.29, 1.82) is 0 Å². The average molecular weight is 365 g/mol. The molecule has 0 spiro atoms. The van der Waals surface area contributed by atoms with Gasteiger partial charge in [-0.25, -0.2) is 5.43 Å². The highest BCUT2D eigenvalue weighted by atomic mass is 19.4. The van der Waals surface area contributed by atoms with Crippen molar-refractivity contribution in [1.82, 2.24) is 5.43 Å². The molecule has 0 aliphatic rings. The van der Waals surface area contributed by atoms with E-state index in [0.717, 1.165) is 12.1 Å². The molecule has 2 rings (SSSR count). The van der Waals surface area contributed by atoms with Crippen LogP contribution in [0.4, 0.5) is 18.9 Å². The van der Waals surface area contributed by atoms with E-state index in [1.807, 2.05) is 5.43 Å². The highest BCUT2D eigenvalue weighted by molar-refractivity contribution is 6.39. The number of hydrogen-bond donors (Lipinski definition) is 3. The van der Waals surface area contributed by atoms with Crippen LogP contribution < -0.4 is 10.7 Å². The zero-order chi connectivity index (χ0) is 19.3. The summed E-state index contributed by atoms with van der Waals surface area (Å²) in [6.07, 6.45) is -4.57. The number of alkyl halides is 3. The third-order valence-corrected chi connectivity index (χ3v) is 3.27. The summed E-state index contributed by atoms with van der Waals surface area (Å²) in [4.78, 5) is 23.5. The molecule has 0 aromatic heterocycles. The van der Waals surface area contributed by atoms with Crippen molar-refractivity contribution in [3.05, 3.63) is 59.7 Å². The first-order valence-corrected chi connectivity index (χ1v) is 7.29. The van der Waals surface area contributed by atoms with Crippen LogP contribution in [0.2, 0.25) is 0 Å².